The molecule has 0 amide bonds. The van der Waals surface area contributed by atoms with Crippen molar-refractivity contribution >= 4 is 28.4 Å². The van der Waals surface area contributed by atoms with Crippen molar-refractivity contribution in [2.24, 2.45) is 0 Å². The van der Waals surface area contributed by atoms with E-state index in [1.54, 1.807) is 12.5 Å². The van der Waals surface area contributed by atoms with Crippen molar-refractivity contribution in [2.45, 2.75) is 12.8 Å². The highest BCUT2D eigenvalue weighted by atomic mass is 35.5. The van der Waals surface area contributed by atoms with Crippen molar-refractivity contribution in [3.05, 3.63) is 24.6 Å². The van der Waals surface area contributed by atoms with E-state index < -0.39 is 0 Å². The van der Waals surface area contributed by atoms with Gasteiger partial charge in [-0.1, -0.05) is 0 Å². The molecule has 0 spiro atoms. The van der Waals surface area contributed by atoms with Crippen LogP contribution in [-0.2, 0) is 0 Å². The summed E-state index contributed by atoms with van der Waals surface area (Å²) in [6.07, 6.45) is 5.50. The van der Waals surface area contributed by atoms with Gasteiger partial charge in [-0.15, -0.1) is 11.6 Å². The molecule has 0 atom stereocenters. The minimum Gasteiger partial charge on any atom is -0.464 e. The lowest BCUT2D eigenvalue weighted by Gasteiger charge is -2.04. The zero-order chi connectivity index (χ0) is 10.5. The van der Waals surface area contributed by atoms with E-state index in [0.717, 1.165) is 36.2 Å². The first-order valence-electron chi connectivity index (χ1n) is 5.04. The maximum absolute atomic E-state index is 5.60. The summed E-state index contributed by atoms with van der Waals surface area (Å²) in [4.78, 5) is 4.27. The third kappa shape index (κ3) is 2.42. The van der Waals surface area contributed by atoms with Crippen molar-refractivity contribution in [2.75, 3.05) is 17.7 Å². The Morgan fingerprint density at radius 2 is 2.27 bits per heavy atom. The second-order valence-corrected chi connectivity index (χ2v) is 3.69. The molecule has 80 valence electrons. The number of rotatable bonds is 5. The standard InChI is InChI=1S/C11H13ClN2O/c12-5-1-2-6-13-11-9-4-8-15-10(9)3-7-14-11/h3-4,7-8H,1-2,5-6H2,(H,13,14). The van der Waals surface area contributed by atoms with Gasteiger partial charge in [-0.3, -0.25) is 0 Å². The predicted molar refractivity (Wildman–Crippen MR) is 62.5 cm³/mol. The average molecular weight is 225 g/mol. The van der Waals surface area contributed by atoms with Gasteiger partial charge in [0.15, 0.2) is 0 Å². The minimum absolute atomic E-state index is 0.713. The largest absolute Gasteiger partial charge is 0.464 e. The number of halogens is 1. The zero-order valence-electron chi connectivity index (χ0n) is 8.37. The summed E-state index contributed by atoms with van der Waals surface area (Å²) in [6.45, 7) is 0.893. The van der Waals surface area contributed by atoms with Crippen LogP contribution >= 0.6 is 11.6 Å². The Hall–Kier alpha value is -1.22. The van der Waals surface area contributed by atoms with Gasteiger partial charge in [-0.2, -0.15) is 0 Å². The number of fused-ring (bicyclic) bond motifs is 1. The fourth-order valence-corrected chi connectivity index (χ4v) is 1.65. The third-order valence-corrected chi connectivity index (χ3v) is 2.50. The number of hydrogen-bond donors (Lipinski definition) is 1. The van der Waals surface area contributed by atoms with Gasteiger partial charge in [0.2, 0.25) is 0 Å². The van der Waals surface area contributed by atoms with Crippen LogP contribution in [-0.4, -0.2) is 17.4 Å². The molecule has 1 N–H and O–H groups in total. The smallest absolute Gasteiger partial charge is 0.139 e. The summed E-state index contributed by atoms with van der Waals surface area (Å²) in [7, 11) is 0. The van der Waals surface area contributed by atoms with Crippen molar-refractivity contribution < 1.29 is 4.42 Å². The number of pyridine rings is 1. The van der Waals surface area contributed by atoms with Crippen LogP contribution < -0.4 is 5.32 Å². The molecular formula is C11H13ClN2O. The molecular weight excluding hydrogens is 212 g/mol. The number of nitrogens with one attached hydrogen (secondary N) is 1. The molecule has 0 saturated heterocycles. The van der Waals surface area contributed by atoms with Crippen LogP contribution in [0.1, 0.15) is 12.8 Å². The summed E-state index contributed by atoms with van der Waals surface area (Å²) in [5, 5.41) is 4.31. The molecule has 0 bridgehead atoms. The third-order valence-electron chi connectivity index (χ3n) is 2.23. The molecule has 2 heterocycles. The highest BCUT2D eigenvalue weighted by Crippen LogP contribution is 2.21. The Bertz CT molecular complexity index is 427. The number of unbranched alkanes of at least 4 members (excludes halogenated alkanes) is 1. The maximum Gasteiger partial charge on any atom is 0.139 e. The van der Waals surface area contributed by atoms with E-state index in [1.165, 1.54) is 0 Å². The first-order valence-corrected chi connectivity index (χ1v) is 5.57. The first-order chi connectivity index (χ1) is 7.42. The number of aromatic nitrogens is 1. The Labute approximate surface area is 93.4 Å². The van der Waals surface area contributed by atoms with Crippen molar-refractivity contribution in [3.8, 4) is 0 Å². The zero-order valence-corrected chi connectivity index (χ0v) is 9.13. The monoisotopic (exact) mass is 224 g/mol. The predicted octanol–water partition coefficient (Wildman–Crippen LogP) is 3.26. The molecule has 3 nitrogen and oxygen atoms in total. The number of nitrogens with zero attached hydrogens (tertiary/aromatic N) is 1. The highest BCUT2D eigenvalue weighted by Gasteiger charge is 2.02. The summed E-state index contributed by atoms with van der Waals surface area (Å²) >= 11 is 5.60. The minimum atomic E-state index is 0.713. The van der Waals surface area contributed by atoms with Gasteiger partial charge in [-0.05, 0) is 25.0 Å². The van der Waals surface area contributed by atoms with Gasteiger partial charge in [0.25, 0.3) is 0 Å². The molecule has 2 aromatic heterocycles. The second kappa shape index (κ2) is 5.03. The first kappa shape index (κ1) is 10.3. The molecule has 0 aromatic carbocycles. The molecule has 15 heavy (non-hydrogen) atoms. The van der Waals surface area contributed by atoms with Gasteiger partial charge in [-0.25, -0.2) is 4.98 Å². The molecule has 0 aliphatic heterocycles. The SMILES string of the molecule is ClCCCCNc1nccc2occc12. The summed E-state index contributed by atoms with van der Waals surface area (Å²) < 4.78 is 5.28. The lowest BCUT2D eigenvalue weighted by atomic mass is 10.3. The van der Waals surface area contributed by atoms with Crippen LogP contribution in [0.2, 0.25) is 0 Å². The topological polar surface area (TPSA) is 38.1 Å². The van der Waals surface area contributed by atoms with Crippen LogP contribution in [0.5, 0.6) is 0 Å². The molecule has 2 aromatic rings. The molecule has 0 aliphatic rings. The average Bonchev–Trinajstić information content (AvgIpc) is 2.73. The van der Waals surface area contributed by atoms with E-state index in [1.807, 2.05) is 12.1 Å². The Morgan fingerprint density at radius 3 is 3.13 bits per heavy atom. The molecule has 4 heteroatoms. The fraction of sp³-hybridized carbons (Fsp3) is 0.364. The Kier molecular flexibility index (Phi) is 3.45. The van der Waals surface area contributed by atoms with Gasteiger partial charge < -0.3 is 9.73 Å². The van der Waals surface area contributed by atoms with Crippen LogP contribution in [0, 0.1) is 0 Å². The highest BCUT2D eigenvalue weighted by molar-refractivity contribution is 6.17. The number of furan rings is 1. The van der Waals surface area contributed by atoms with E-state index in [-0.39, 0.29) is 0 Å². The fourth-order valence-electron chi connectivity index (χ4n) is 1.46. The number of anilines is 1. The lowest BCUT2D eigenvalue weighted by molar-refractivity contribution is 0.615. The molecule has 0 saturated carbocycles. The van der Waals surface area contributed by atoms with E-state index in [0.29, 0.717) is 5.88 Å². The van der Waals surface area contributed by atoms with Crippen LogP contribution in [0.15, 0.2) is 29.0 Å². The number of alkyl halides is 1. The second-order valence-electron chi connectivity index (χ2n) is 3.31. The maximum atomic E-state index is 5.60. The van der Waals surface area contributed by atoms with Crippen LogP contribution in [0.3, 0.4) is 0 Å². The van der Waals surface area contributed by atoms with Crippen molar-refractivity contribution in [1.29, 1.82) is 0 Å². The molecule has 0 unspecified atom stereocenters. The van der Waals surface area contributed by atoms with Crippen LogP contribution in [0.4, 0.5) is 5.82 Å². The summed E-state index contributed by atoms with van der Waals surface area (Å²) in [6, 6.07) is 3.78. The van der Waals surface area contributed by atoms with Crippen molar-refractivity contribution in [3.63, 3.8) is 0 Å². The van der Waals surface area contributed by atoms with E-state index in [4.69, 9.17) is 16.0 Å². The summed E-state index contributed by atoms with van der Waals surface area (Å²) in [5.41, 5.74) is 0.866. The van der Waals surface area contributed by atoms with Gasteiger partial charge >= 0.3 is 0 Å². The van der Waals surface area contributed by atoms with E-state index >= 15 is 0 Å². The van der Waals surface area contributed by atoms with E-state index in [9.17, 15) is 0 Å². The Balaban J connectivity index is 2.04. The van der Waals surface area contributed by atoms with E-state index in [2.05, 4.69) is 10.3 Å². The van der Waals surface area contributed by atoms with Gasteiger partial charge in [0.05, 0.1) is 11.6 Å². The summed E-state index contributed by atoms with van der Waals surface area (Å²) in [5.74, 6) is 1.60. The molecule has 0 aliphatic carbocycles. The lowest BCUT2D eigenvalue weighted by Crippen LogP contribution is -2.03. The van der Waals surface area contributed by atoms with Crippen molar-refractivity contribution in [1.82, 2.24) is 4.98 Å². The van der Waals surface area contributed by atoms with Gasteiger partial charge in [0.1, 0.15) is 11.4 Å². The van der Waals surface area contributed by atoms with Gasteiger partial charge in [0, 0.05) is 18.6 Å². The molecule has 0 fully saturated rings. The number of hydrogen-bond acceptors (Lipinski definition) is 3. The Morgan fingerprint density at radius 1 is 1.33 bits per heavy atom. The normalized spacial score (nSPS) is 10.7. The molecule has 2 rings (SSSR count). The molecule has 0 radical (unpaired) electrons. The quantitative estimate of drug-likeness (QED) is 0.626. The van der Waals surface area contributed by atoms with Crippen LogP contribution in [0.25, 0.3) is 11.0 Å².